The van der Waals surface area contributed by atoms with Gasteiger partial charge in [0.2, 0.25) is 0 Å². The maximum Gasteiger partial charge on any atom is 0.329 e. The monoisotopic (exact) mass is 425 g/mol. The number of carbonyl (C=O) groups is 3. The molecule has 0 unspecified atom stereocenters. The summed E-state index contributed by atoms with van der Waals surface area (Å²) in [7, 11) is 5.59. The molecular weight excluding hydrogens is 394 g/mol. The Bertz CT molecular complexity index is 879. The van der Waals surface area contributed by atoms with Crippen LogP contribution in [0.4, 0.5) is 5.69 Å². The third-order valence-electron chi connectivity index (χ3n) is 4.88. The molecule has 0 aliphatic heterocycles. The van der Waals surface area contributed by atoms with Gasteiger partial charge >= 0.3 is 5.97 Å². The second kappa shape index (κ2) is 11.2. The summed E-state index contributed by atoms with van der Waals surface area (Å²) in [6.45, 7) is 3.64. The van der Waals surface area contributed by atoms with E-state index in [2.05, 4.69) is 5.32 Å². The lowest BCUT2D eigenvalue weighted by atomic mass is 10.0. The maximum absolute atomic E-state index is 12.5. The molecule has 0 spiro atoms. The largest absolute Gasteiger partial charge is 0.454 e. The number of hydrogen-bond acceptors (Lipinski definition) is 5. The summed E-state index contributed by atoms with van der Waals surface area (Å²) in [6, 6.07) is 15.7. The molecule has 0 heterocycles. The van der Waals surface area contributed by atoms with E-state index in [-0.39, 0.29) is 24.3 Å². The Kier molecular flexibility index (Phi) is 8.61. The van der Waals surface area contributed by atoms with Crippen LogP contribution >= 0.6 is 0 Å². The molecule has 0 aromatic heterocycles. The molecule has 0 bridgehead atoms. The third kappa shape index (κ3) is 7.13. The summed E-state index contributed by atoms with van der Waals surface area (Å²) in [5, 5.41) is 2.70. The van der Waals surface area contributed by atoms with Gasteiger partial charge in [0.1, 0.15) is 6.04 Å². The van der Waals surface area contributed by atoms with Crippen LogP contribution < -0.4 is 10.2 Å². The van der Waals surface area contributed by atoms with Crippen molar-refractivity contribution in [3.8, 4) is 0 Å². The molecule has 2 amide bonds. The van der Waals surface area contributed by atoms with Crippen LogP contribution in [0.25, 0.3) is 0 Å². The Morgan fingerprint density at radius 3 is 2.10 bits per heavy atom. The number of benzene rings is 2. The Hall–Kier alpha value is -3.35. The van der Waals surface area contributed by atoms with Crippen molar-refractivity contribution in [1.29, 1.82) is 0 Å². The van der Waals surface area contributed by atoms with Crippen LogP contribution in [0, 0.1) is 5.92 Å². The molecule has 0 saturated heterocycles. The standard InChI is InChI=1S/C24H31N3O4/c1-17(2)22(25-23(29)19-9-7-6-8-10-19)24(30)31-16-21(28)27(5)15-18-11-13-20(14-12-18)26(3)4/h6-14,17,22H,15-16H2,1-5H3,(H,25,29)/t22-/m0/s1. The predicted molar refractivity (Wildman–Crippen MR) is 121 cm³/mol. The number of carbonyl (C=O) groups excluding carboxylic acids is 3. The van der Waals surface area contributed by atoms with Gasteiger partial charge in [-0.2, -0.15) is 0 Å². The molecular formula is C24H31N3O4. The minimum atomic E-state index is -0.843. The number of hydrogen-bond donors (Lipinski definition) is 1. The third-order valence-corrected chi connectivity index (χ3v) is 4.88. The minimum Gasteiger partial charge on any atom is -0.454 e. The molecule has 0 radical (unpaired) electrons. The van der Waals surface area contributed by atoms with Crippen molar-refractivity contribution in [2.24, 2.45) is 5.92 Å². The first-order valence-electron chi connectivity index (χ1n) is 10.2. The van der Waals surface area contributed by atoms with Gasteiger partial charge in [-0.05, 0) is 35.7 Å². The number of likely N-dealkylation sites (N-methyl/N-ethyl adjacent to an activating group) is 1. The van der Waals surface area contributed by atoms with Crippen LogP contribution in [0.1, 0.15) is 29.8 Å². The zero-order chi connectivity index (χ0) is 23.0. The summed E-state index contributed by atoms with van der Waals surface area (Å²) >= 11 is 0. The second-order valence-corrected chi connectivity index (χ2v) is 7.98. The zero-order valence-electron chi connectivity index (χ0n) is 18.8. The topological polar surface area (TPSA) is 78.9 Å². The molecule has 2 rings (SSSR count). The predicted octanol–water partition coefficient (Wildman–Crippen LogP) is 2.71. The molecule has 0 fully saturated rings. The molecule has 0 saturated carbocycles. The summed E-state index contributed by atoms with van der Waals surface area (Å²) < 4.78 is 5.22. The Morgan fingerprint density at radius 1 is 0.935 bits per heavy atom. The molecule has 7 heteroatoms. The van der Waals surface area contributed by atoms with Gasteiger partial charge in [-0.15, -0.1) is 0 Å². The number of ether oxygens (including phenoxy) is 1. The number of esters is 1. The van der Waals surface area contributed by atoms with Crippen molar-refractivity contribution in [3.05, 3.63) is 65.7 Å². The van der Waals surface area contributed by atoms with Crippen LogP contribution in [0.2, 0.25) is 0 Å². The average molecular weight is 426 g/mol. The number of nitrogens with zero attached hydrogens (tertiary/aromatic N) is 2. The van der Waals surface area contributed by atoms with Crippen LogP contribution in [0.3, 0.4) is 0 Å². The van der Waals surface area contributed by atoms with E-state index in [1.54, 1.807) is 31.3 Å². The van der Waals surface area contributed by atoms with E-state index in [0.29, 0.717) is 12.1 Å². The normalized spacial score (nSPS) is 11.5. The molecule has 2 aromatic carbocycles. The lowest BCUT2D eigenvalue weighted by molar-refractivity contribution is -0.154. The maximum atomic E-state index is 12.5. The van der Waals surface area contributed by atoms with Crippen molar-refractivity contribution in [1.82, 2.24) is 10.2 Å². The van der Waals surface area contributed by atoms with Crippen LogP contribution in [-0.4, -0.2) is 56.5 Å². The van der Waals surface area contributed by atoms with E-state index in [0.717, 1.165) is 11.3 Å². The molecule has 7 nitrogen and oxygen atoms in total. The van der Waals surface area contributed by atoms with Crippen molar-refractivity contribution in [3.63, 3.8) is 0 Å². The highest BCUT2D eigenvalue weighted by atomic mass is 16.5. The highest BCUT2D eigenvalue weighted by molar-refractivity contribution is 5.97. The van der Waals surface area contributed by atoms with E-state index < -0.39 is 12.0 Å². The van der Waals surface area contributed by atoms with Crippen molar-refractivity contribution in [2.75, 3.05) is 32.6 Å². The van der Waals surface area contributed by atoms with Gasteiger partial charge < -0.3 is 19.9 Å². The van der Waals surface area contributed by atoms with Crippen LogP contribution in [0.15, 0.2) is 54.6 Å². The van der Waals surface area contributed by atoms with Gasteiger partial charge in [0, 0.05) is 38.9 Å². The van der Waals surface area contributed by atoms with E-state index in [9.17, 15) is 14.4 Å². The second-order valence-electron chi connectivity index (χ2n) is 7.98. The summed E-state index contributed by atoms with van der Waals surface area (Å²) in [4.78, 5) is 40.8. The van der Waals surface area contributed by atoms with Crippen LogP contribution in [0.5, 0.6) is 0 Å². The van der Waals surface area contributed by atoms with Gasteiger partial charge in [-0.1, -0.05) is 44.2 Å². The first-order chi connectivity index (χ1) is 14.7. The Morgan fingerprint density at radius 2 is 1.55 bits per heavy atom. The number of nitrogens with one attached hydrogen (secondary N) is 1. The Balaban J connectivity index is 1.89. The highest BCUT2D eigenvalue weighted by Crippen LogP contribution is 2.13. The van der Waals surface area contributed by atoms with E-state index in [1.165, 1.54) is 4.90 Å². The fourth-order valence-electron chi connectivity index (χ4n) is 2.91. The molecule has 166 valence electrons. The summed E-state index contributed by atoms with van der Waals surface area (Å²) in [5.41, 5.74) is 2.50. The lowest BCUT2D eigenvalue weighted by Gasteiger charge is -2.22. The Labute approximate surface area is 184 Å². The van der Waals surface area contributed by atoms with Crippen LogP contribution in [-0.2, 0) is 20.9 Å². The van der Waals surface area contributed by atoms with Gasteiger partial charge in [0.15, 0.2) is 6.61 Å². The van der Waals surface area contributed by atoms with Crippen molar-refractivity contribution < 1.29 is 19.1 Å². The quantitative estimate of drug-likeness (QED) is 0.625. The van der Waals surface area contributed by atoms with E-state index in [4.69, 9.17) is 4.74 Å². The summed E-state index contributed by atoms with van der Waals surface area (Å²) in [5.74, 6) is -1.50. The minimum absolute atomic E-state index is 0.191. The average Bonchev–Trinajstić information content (AvgIpc) is 2.76. The summed E-state index contributed by atoms with van der Waals surface area (Å²) in [6.07, 6.45) is 0. The molecule has 0 aliphatic rings. The van der Waals surface area contributed by atoms with Gasteiger partial charge in [-0.25, -0.2) is 4.79 Å². The smallest absolute Gasteiger partial charge is 0.329 e. The molecule has 0 aliphatic carbocycles. The van der Waals surface area contributed by atoms with Crippen molar-refractivity contribution >= 4 is 23.5 Å². The highest BCUT2D eigenvalue weighted by Gasteiger charge is 2.27. The van der Waals surface area contributed by atoms with E-state index >= 15 is 0 Å². The number of amides is 2. The van der Waals surface area contributed by atoms with Gasteiger partial charge in [-0.3, -0.25) is 9.59 Å². The SMILES string of the molecule is CC(C)[C@H](NC(=O)c1ccccc1)C(=O)OCC(=O)N(C)Cc1ccc(N(C)C)cc1. The molecule has 1 atom stereocenters. The van der Waals surface area contributed by atoms with Gasteiger partial charge in [0.05, 0.1) is 0 Å². The molecule has 1 N–H and O–H groups in total. The zero-order valence-corrected chi connectivity index (χ0v) is 18.8. The molecule has 2 aromatic rings. The first kappa shape index (κ1) is 23.9. The van der Waals surface area contributed by atoms with Crippen molar-refractivity contribution in [2.45, 2.75) is 26.4 Å². The lowest BCUT2D eigenvalue weighted by Crippen LogP contribution is -2.46. The molecule has 31 heavy (non-hydrogen) atoms. The fourth-order valence-corrected chi connectivity index (χ4v) is 2.91. The number of anilines is 1. The first-order valence-corrected chi connectivity index (χ1v) is 10.2. The van der Waals surface area contributed by atoms with Gasteiger partial charge in [0.25, 0.3) is 11.8 Å². The number of rotatable bonds is 9. The van der Waals surface area contributed by atoms with E-state index in [1.807, 2.05) is 63.2 Å². The fraction of sp³-hybridized carbons (Fsp3) is 0.375.